The summed E-state index contributed by atoms with van der Waals surface area (Å²) >= 11 is 0. The van der Waals surface area contributed by atoms with E-state index in [1.54, 1.807) is 12.0 Å². The van der Waals surface area contributed by atoms with E-state index in [1.165, 1.54) is 0 Å². The Bertz CT molecular complexity index is 895. The number of nitrogens with zero attached hydrogens (tertiary/aromatic N) is 1. The van der Waals surface area contributed by atoms with Crippen LogP contribution >= 0.6 is 0 Å². The van der Waals surface area contributed by atoms with Gasteiger partial charge < -0.3 is 19.7 Å². The van der Waals surface area contributed by atoms with Crippen LogP contribution in [0.3, 0.4) is 0 Å². The number of nitrogens with one attached hydrogen (secondary N) is 1. The first-order chi connectivity index (χ1) is 14.8. The number of hydrogen-bond donors (Lipinski definition) is 1. The molecule has 2 aromatic carbocycles. The van der Waals surface area contributed by atoms with Crippen molar-refractivity contribution in [2.45, 2.75) is 59.7 Å². The van der Waals surface area contributed by atoms with E-state index in [0.717, 1.165) is 16.7 Å². The predicted octanol–water partition coefficient (Wildman–Crippen LogP) is 4.02. The fourth-order valence-electron chi connectivity index (χ4n) is 3.37. The molecule has 6 heteroatoms. The number of ether oxygens (including phenoxy) is 2. The Morgan fingerprint density at radius 1 is 1.10 bits per heavy atom. The lowest BCUT2D eigenvalue weighted by Gasteiger charge is -2.31. The number of rotatable bonds is 10. The second kappa shape index (κ2) is 11.4. The second-order valence-corrected chi connectivity index (χ2v) is 7.95. The molecular weight excluding hydrogens is 392 g/mol. The lowest BCUT2D eigenvalue weighted by Crippen LogP contribution is -2.51. The van der Waals surface area contributed by atoms with Gasteiger partial charge in [0.15, 0.2) is 6.61 Å². The molecule has 0 aliphatic carbocycles. The highest BCUT2D eigenvalue weighted by Gasteiger charge is 2.29. The molecular formula is C25H34N2O4. The molecule has 168 valence electrons. The molecule has 31 heavy (non-hydrogen) atoms. The van der Waals surface area contributed by atoms with Gasteiger partial charge in [0.05, 0.1) is 7.11 Å². The number of benzene rings is 2. The summed E-state index contributed by atoms with van der Waals surface area (Å²) in [4.78, 5) is 27.7. The van der Waals surface area contributed by atoms with Gasteiger partial charge in [0.2, 0.25) is 5.91 Å². The van der Waals surface area contributed by atoms with Gasteiger partial charge in [-0.1, -0.05) is 31.2 Å². The molecule has 6 nitrogen and oxygen atoms in total. The minimum Gasteiger partial charge on any atom is -0.497 e. The highest BCUT2D eigenvalue weighted by atomic mass is 16.5. The molecule has 2 rings (SSSR count). The van der Waals surface area contributed by atoms with Gasteiger partial charge in [0, 0.05) is 12.6 Å². The maximum absolute atomic E-state index is 13.3. The molecule has 1 atom stereocenters. The molecule has 0 heterocycles. The van der Waals surface area contributed by atoms with Crippen LogP contribution in [-0.2, 0) is 16.1 Å². The zero-order valence-corrected chi connectivity index (χ0v) is 19.4. The van der Waals surface area contributed by atoms with Crippen LogP contribution in [0.4, 0.5) is 0 Å². The Balaban J connectivity index is 2.26. The standard InChI is InChI=1S/C25H34N2O4/c1-7-22(25(29)26-17(2)3)27(15-20-11-9-12-21(14-20)30-6)24(28)16-31-23-13-8-10-18(4)19(23)5/h8-14,17,22H,7,15-16H2,1-6H3,(H,26,29). The van der Waals surface area contributed by atoms with Crippen LogP contribution in [-0.4, -0.2) is 42.5 Å². The average Bonchev–Trinajstić information content (AvgIpc) is 2.74. The lowest BCUT2D eigenvalue weighted by atomic mass is 10.1. The molecule has 0 aromatic heterocycles. The highest BCUT2D eigenvalue weighted by Crippen LogP contribution is 2.22. The maximum Gasteiger partial charge on any atom is 0.261 e. The number of amides is 2. The quantitative estimate of drug-likeness (QED) is 0.623. The van der Waals surface area contributed by atoms with Crippen LogP contribution in [0.1, 0.15) is 43.9 Å². The van der Waals surface area contributed by atoms with Gasteiger partial charge in [0.25, 0.3) is 5.91 Å². The summed E-state index contributed by atoms with van der Waals surface area (Å²) in [5, 5.41) is 2.93. The van der Waals surface area contributed by atoms with E-state index in [4.69, 9.17) is 9.47 Å². The van der Waals surface area contributed by atoms with Crippen molar-refractivity contribution < 1.29 is 19.1 Å². The van der Waals surface area contributed by atoms with E-state index in [0.29, 0.717) is 17.9 Å². The van der Waals surface area contributed by atoms with Gasteiger partial charge in [-0.25, -0.2) is 0 Å². The second-order valence-electron chi connectivity index (χ2n) is 7.95. The number of hydrogen-bond acceptors (Lipinski definition) is 4. The van der Waals surface area contributed by atoms with E-state index in [2.05, 4.69) is 5.32 Å². The summed E-state index contributed by atoms with van der Waals surface area (Å²) in [6, 6.07) is 12.7. The number of methoxy groups -OCH3 is 1. The van der Waals surface area contributed by atoms with Crippen molar-refractivity contribution in [3.05, 3.63) is 59.2 Å². The first kappa shape index (κ1) is 24.3. The van der Waals surface area contributed by atoms with Crippen LogP contribution < -0.4 is 14.8 Å². The van der Waals surface area contributed by atoms with Crippen molar-refractivity contribution in [1.29, 1.82) is 0 Å². The van der Waals surface area contributed by atoms with Crippen LogP contribution in [0.5, 0.6) is 11.5 Å². The summed E-state index contributed by atoms with van der Waals surface area (Å²) in [6.07, 6.45) is 0.498. The Labute approximate surface area is 185 Å². The first-order valence-corrected chi connectivity index (χ1v) is 10.7. The first-order valence-electron chi connectivity index (χ1n) is 10.7. The van der Waals surface area contributed by atoms with Gasteiger partial charge >= 0.3 is 0 Å². The molecule has 2 amide bonds. The van der Waals surface area contributed by atoms with Gasteiger partial charge in [-0.05, 0) is 69.0 Å². The fourth-order valence-corrected chi connectivity index (χ4v) is 3.37. The molecule has 0 aliphatic heterocycles. The Morgan fingerprint density at radius 2 is 1.81 bits per heavy atom. The third-order valence-corrected chi connectivity index (χ3v) is 5.21. The van der Waals surface area contributed by atoms with Crippen molar-refractivity contribution in [3.63, 3.8) is 0 Å². The third kappa shape index (κ3) is 6.74. The van der Waals surface area contributed by atoms with Gasteiger partial charge in [-0.3, -0.25) is 9.59 Å². The average molecular weight is 427 g/mol. The summed E-state index contributed by atoms with van der Waals surface area (Å²) in [6.45, 7) is 9.83. The molecule has 0 saturated heterocycles. The zero-order chi connectivity index (χ0) is 23.0. The maximum atomic E-state index is 13.3. The summed E-state index contributed by atoms with van der Waals surface area (Å²) in [7, 11) is 1.60. The van der Waals surface area contributed by atoms with Crippen LogP contribution in [0, 0.1) is 13.8 Å². The smallest absolute Gasteiger partial charge is 0.261 e. The summed E-state index contributed by atoms with van der Waals surface area (Å²) in [5.74, 6) is 0.973. The van der Waals surface area contributed by atoms with Crippen molar-refractivity contribution in [2.75, 3.05) is 13.7 Å². The van der Waals surface area contributed by atoms with Crippen LogP contribution in [0.15, 0.2) is 42.5 Å². The molecule has 0 aliphatic rings. The molecule has 0 radical (unpaired) electrons. The molecule has 1 N–H and O–H groups in total. The van der Waals surface area contributed by atoms with E-state index in [9.17, 15) is 9.59 Å². The minimum atomic E-state index is -0.594. The van der Waals surface area contributed by atoms with Gasteiger partial charge in [-0.15, -0.1) is 0 Å². The van der Waals surface area contributed by atoms with Crippen molar-refractivity contribution in [2.24, 2.45) is 0 Å². The highest BCUT2D eigenvalue weighted by molar-refractivity contribution is 5.88. The van der Waals surface area contributed by atoms with Crippen LogP contribution in [0.25, 0.3) is 0 Å². The van der Waals surface area contributed by atoms with Crippen molar-refractivity contribution in [1.82, 2.24) is 10.2 Å². The number of carbonyl (C=O) groups is 2. The summed E-state index contributed by atoms with van der Waals surface area (Å²) in [5.41, 5.74) is 2.98. The molecule has 1 unspecified atom stereocenters. The van der Waals surface area contributed by atoms with E-state index >= 15 is 0 Å². The van der Waals surface area contributed by atoms with Crippen molar-refractivity contribution >= 4 is 11.8 Å². The molecule has 0 saturated carbocycles. The Hall–Kier alpha value is -3.02. The number of aryl methyl sites for hydroxylation is 1. The third-order valence-electron chi connectivity index (χ3n) is 5.21. The molecule has 0 spiro atoms. The normalized spacial score (nSPS) is 11.7. The van der Waals surface area contributed by atoms with E-state index in [-0.39, 0.29) is 31.0 Å². The predicted molar refractivity (Wildman–Crippen MR) is 122 cm³/mol. The summed E-state index contributed by atoms with van der Waals surface area (Å²) < 4.78 is 11.2. The lowest BCUT2D eigenvalue weighted by molar-refractivity contribution is -0.143. The fraction of sp³-hybridized carbons (Fsp3) is 0.440. The minimum absolute atomic E-state index is 0.0125. The van der Waals surface area contributed by atoms with Crippen molar-refractivity contribution in [3.8, 4) is 11.5 Å². The SMILES string of the molecule is CCC(C(=O)NC(C)C)N(Cc1cccc(OC)c1)C(=O)COc1cccc(C)c1C. The monoisotopic (exact) mass is 426 g/mol. The number of carbonyl (C=O) groups excluding carboxylic acids is 2. The largest absolute Gasteiger partial charge is 0.497 e. The van der Waals surface area contributed by atoms with E-state index in [1.807, 2.05) is 77.1 Å². The van der Waals surface area contributed by atoms with Crippen LogP contribution in [0.2, 0.25) is 0 Å². The van der Waals surface area contributed by atoms with Gasteiger partial charge in [-0.2, -0.15) is 0 Å². The molecule has 0 bridgehead atoms. The Morgan fingerprint density at radius 3 is 2.45 bits per heavy atom. The topological polar surface area (TPSA) is 67.9 Å². The Kier molecular flexibility index (Phi) is 8.91. The molecule has 2 aromatic rings. The zero-order valence-electron chi connectivity index (χ0n) is 19.4. The molecule has 0 fully saturated rings. The van der Waals surface area contributed by atoms with E-state index < -0.39 is 6.04 Å². The van der Waals surface area contributed by atoms with Gasteiger partial charge in [0.1, 0.15) is 17.5 Å².